The SMILES string of the molecule is COc1ccc([C@H]2[C@@H](C(=O)O)CCN2C(=O)OCC2c3ccccc3-c3ccccc32)cc1. The molecule has 3 aromatic rings. The molecule has 2 atom stereocenters. The van der Waals surface area contributed by atoms with E-state index in [1.165, 1.54) is 0 Å². The van der Waals surface area contributed by atoms with Gasteiger partial charge in [0.1, 0.15) is 12.4 Å². The monoisotopic (exact) mass is 443 g/mol. The number of carboxylic acids is 1. The average Bonchev–Trinajstić information content (AvgIpc) is 3.43. The number of carbonyl (C=O) groups is 2. The van der Waals surface area contributed by atoms with Gasteiger partial charge in [0.2, 0.25) is 0 Å². The predicted molar refractivity (Wildman–Crippen MR) is 123 cm³/mol. The summed E-state index contributed by atoms with van der Waals surface area (Å²) in [6.45, 7) is 0.542. The second kappa shape index (κ2) is 8.62. The highest BCUT2D eigenvalue weighted by molar-refractivity contribution is 5.79. The van der Waals surface area contributed by atoms with Gasteiger partial charge in [0.15, 0.2) is 0 Å². The first-order valence-electron chi connectivity index (χ1n) is 11.1. The van der Waals surface area contributed by atoms with Crippen molar-refractivity contribution < 1.29 is 24.2 Å². The fraction of sp³-hybridized carbons (Fsp3) is 0.259. The average molecular weight is 443 g/mol. The Hall–Kier alpha value is -3.80. The number of carbonyl (C=O) groups excluding carboxylic acids is 1. The fourth-order valence-corrected chi connectivity index (χ4v) is 5.15. The molecule has 33 heavy (non-hydrogen) atoms. The topological polar surface area (TPSA) is 76.1 Å². The number of likely N-dealkylation sites (tertiary alicyclic amines) is 1. The molecule has 1 aliphatic heterocycles. The molecule has 3 aromatic carbocycles. The lowest BCUT2D eigenvalue weighted by Gasteiger charge is -2.27. The van der Waals surface area contributed by atoms with Gasteiger partial charge in [0.25, 0.3) is 0 Å². The lowest BCUT2D eigenvalue weighted by atomic mass is 9.94. The van der Waals surface area contributed by atoms with Crippen LogP contribution >= 0.6 is 0 Å². The molecular formula is C27H25NO5. The molecule has 0 radical (unpaired) electrons. The Morgan fingerprint density at radius 3 is 2.12 bits per heavy atom. The van der Waals surface area contributed by atoms with Gasteiger partial charge in [-0.2, -0.15) is 0 Å². The minimum Gasteiger partial charge on any atom is -0.497 e. The quantitative estimate of drug-likeness (QED) is 0.594. The number of amides is 1. The van der Waals surface area contributed by atoms with E-state index in [2.05, 4.69) is 24.3 Å². The van der Waals surface area contributed by atoms with E-state index in [1.807, 2.05) is 36.4 Å². The van der Waals surface area contributed by atoms with Crippen LogP contribution in [0, 0.1) is 5.92 Å². The zero-order chi connectivity index (χ0) is 22.9. The van der Waals surface area contributed by atoms with Crippen molar-refractivity contribution in [3.8, 4) is 16.9 Å². The molecule has 0 saturated carbocycles. The predicted octanol–water partition coefficient (Wildman–Crippen LogP) is 5.09. The molecule has 1 amide bonds. The summed E-state index contributed by atoms with van der Waals surface area (Å²) in [5.41, 5.74) is 5.37. The minimum absolute atomic E-state index is 0.0429. The van der Waals surface area contributed by atoms with Crippen LogP contribution in [0.5, 0.6) is 5.75 Å². The molecule has 5 rings (SSSR count). The molecule has 6 heteroatoms. The summed E-state index contributed by atoms with van der Waals surface area (Å²) in [5.74, 6) is -0.960. The van der Waals surface area contributed by atoms with Crippen molar-refractivity contribution in [1.82, 2.24) is 4.90 Å². The van der Waals surface area contributed by atoms with E-state index in [9.17, 15) is 14.7 Å². The van der Waals surface area contributed by atoms with Crippen molar-refractivity contribution in [1.29, 1.82) is 0 Å². The molecule has 1 N–H and O–H groups in total. The molecule has 1 heterocycles. The molecule has 0 aromatic heterocycles. The number of benzene rings is 3. The summed E-state index contributed by atoms with van der Waals surface area (Å²) in [5, 5.41) is 9.76. The number of hydrogen-bond donors (Lipinski definition) is 1. The second-order valence-corrected chi connectivity index (χ2v) is 8.45. The van der Waals surface area contributed by atoms with Crippen LogP contribution < -0.4 is 4.74 Å². The van der Waals surface area contributed by atoms with Crippen molar-refractivity contribution in [2.24, 2.45) is 5.92 Å². The van der Waals surface area contributed by atoms with Crippen LogP contribution in [0.15, 0.2) is 72.8 Å². The zero-order valence-electron chi connectivity index (χ0n) is 18.3. The zero-order valence-corrected chi connectivity index (χ0v) is 18.3. The Morgan fingerprint density at radius 1 is 0.939 bits per heavy atom. The lowest BCUT2D eigenvalue weighted by molar-refractivity contribution is -0.142. The van der Waals surface area contributed by atoms with E-state index in [-0.39, 0.29) is 12.5 Å². The van der Waals surface area contributed by atoms with Crippen LogP contribution in [0.3, 0.4) is 0 Å². The van der Waals surface area contributed by atoms with E-state index >= 15 is 0 Å². The Morgan fingerprint density at radius 2 is 1.55 bits per heavy atom. The Kier molecular flexibility index (Phi) is 5.50. The second-order valence-electron chi connectivity index (χ2n) is 8.45. The maximum Gasteiger partial charge on any atom is 0.410 e. The van der Waals surface area contributed by atoms with Gasteiger partial charge in [0, 0.05) is 12.5 Å². The van der Waals surface area contributed by atoms with E-state index < -0.39 is 24.0 Å². The van der Waals surface area contributed by atoms with Gasteiger partial charge in [-0.05, 0) is 46.4 Å². The molecular weight excluding hydrogens is 418 g/mol. The third-order valence-electron chi connectivity index (χ3n) is 6.74. The first-order chi connectivity index (χ1) is 16.1. The molecule has 0 unspecified atom stereocenters. The number of aliphatic carboxylic acids is 1. The summed E-state index contributed by atoms with van der Waals surface area (Å²) >= 11 is 0. The van der Waals surface area contributed by atoms with E-state index in [1.54, 1.807) is 24.1 Å². The maximum absolute atomic E-state index is 13.2. The summed E-state index contributed by atoms with van der Waals surface area (Å²) in [6, 6.07) is 23.0. The number of hydrogen-bond acceptors (Lipinski definition) is 4. The van der Waals surface area contributed by atoms with Gasteiger partial charge < -0.3 is 19.5 Å². The largest absolute Gasteiger partial charge is 0.497 e. The summed E-state index contributed by atoms with van der Waals surface area (Å²) in [4.78, 5) is 26.7. The van der Waals surface area contributed by atoms with Crippen molar-refractivity contribution >= 4 is 12.1 Å². The van der Waals surface area contributed by atoms with Crippen LogP contribution in [0.1, 0.15) is 35.1 Å². The Balaban J connectivity index is 1.37. The molecule has 0 spiro atoms. The highest BCUT2D eigenvalue weighted by atomic mass is 16.6. The first kappa shape index (κ1) is 21.1. The minimum atomic E-state index is -0.912. The molecule has 1 fully saturated rings. The van der Waals surface area contributed by atoms with Gasteiger partial charge >= 0.3 is 12.1 Å². The van der Waals surface area contributed by atoms with Crippen molar-refractivity contribution in [3.63, 3.8) is 0 Å². The number of nitrogens with zero attached hydrogens (tertiary/aromatic N) is 1. The molecule has 1 aliphatic carbocycles. The van der Waals surface area contributed by atoms with Crippen LogP contribution in [0.4, 0.5) is 4.79 Å². The molecule has 2 aliphatic rings. The van der Waals surface area contributed by atoms with Gasteiger partial charge in [-0.1, -0.05) is 60.7 Å². The van der Waals surface area contributed by atoms with Crippen LogP contribution in [0.25, 0.3) is 11.1 Å². The summed E-state index contributed by atoms with van der Waals surface area (Å²) in [7, 11) is 1.58. The van der Waals surface area contributed by atoms with Gasteiger partial charge in [0.05, 0.1) is 19.1 Å². The third kappa shape index (κ3) is 3.71. The number of fused-ring (bicyclic) bond motifs is 3. The van der Waals surface area contributed by atoms with Gasteiger partial charge in [-0.25, -0.2) is 4.79 Å². The number of ether oxygens (including phenoxy) is 2. The normalized spacial score (nSPS) is 19.1. The molecule has 6 nitrogen and oxygen atoms in total. The van der Waals surface area contributed by atoms with E-state index in [0.29, 0.717) is 18.7 Å². The first-order valence-corrected chi connectivity index (χ1v) is 11.1. The highest BCUT2D eigenvalue weighted by Gasteiger charge is 2.43. The highest BCUT2D eigenvalue weighted by Crippen LogP contribution is 2.45. The Labute approximate surface area is 192 Å². The Bertz CT molecular complexity index is 1140. The fourth-order valence-electron chi connectivity index (χ4n) is 5.15. The van der Waals surface area contributed by atoms with Gasteiger partial charge in [-0.15, -0.1) is 0 Å². The van der Waals surface area contributed by atoms with Crippen LogP contribution in [-0.4, -0.2) is 42.3 Å². The summed E-state index contributed by atoms with van der Waals surface area (Å²) < 4.78 is 11.0. The van der Waals surface area contributed by atoms with Crippen molar-refractivity contribution in [2.45, 2.75) is 18.4 Å². The molecule has 168 valence electrons. The van der Waals surface area contributed by atoms with Crippen molar-refractivity contribution in [3.05, 3.63) is 89.5 Å². The molecule has 0 bridgehead atoms. The number of rotatable bonds is 5. The maximum atomic E-state index is 13.2. The summed E-state index contributed by atoms with van der Waals surface area (Å²) in [6.07, 6.45) is -0.0996. The van der Waals surface area contributed by atoms with Gasteiger partial charge in [-0.3, -0.25) is 4.79 Å². The van der Waals surface area contributed by atoms with Crippen LogP contribution in [0.2, 0.25) is 0 Å². The van der Waals surface area contributed by atoms with E-state index in [4.69, 9.17) is 9.47 Å². The number of carboxylic acid groups (broad SMARTS) is 1. The van der Waals surface area contributed by atoms with E-state index in [0.717, 1.165) is 27.8 Å². The standard InChI is InChI=1S/C27H25NO5/c1-32-18-12-10-17(11-13-18)25-23(26(29)30)14-15-28(25)27(31)33-16-24-21-8-4-2-6-19(21)20-7-3-5-9-22(20)24/h2-13,23-25H,14-16H2,1H3,(H,29,30)/t23-,25-/m0/s1. The van der Waals surface area contributed by atoms with Crippen LogP contribution in [-0.2, 0) is 9.53 Å². The van der Waals surface area contributed by atoms with Crippen molar-refractivity contribution in [2.75, 3.05) is 20.3 Å². The number of methoxy groups -OCH3 is 1. The third-order valence-corrected chi connectivity index (χ3v) is 6.74. The lowest BCUT2D eigenvalue weighted by Crippen LogP contribution is -2.34. The molecule has 1 saturated heterocycles. The smallest absolute Gasteiger partial charge is 0.410 e.